The van der Waals surface area contributed by atoms with E-state index in [0.717, 1.165) is 36.8 Å². The van der Waals surface area contributed by atoms with Crippen molar-refractivity contribution in [2.75, 3.05) is 4.90 Å². The summed E-state index contributed by atoms with van der Waals surface area (Å²) in [5.74, 6) is -1.32. The van der Waals surface area contributed by atoms with Crippen molar-refractivity contribution in [3.05, 3.63) is 89.2 Å². The summed E-state index contributed by atoms with van der Waals surface area (Å²) in [4.78, 5) is 29.5. The molecule has 1 saturated carbocycles. The van der Waals surface area contributed by atoms with E-state index in [1.807, 2.05) is 56.3 Å². The summed E-state index contributed by atoms with van der Waals surface area (Å²) in [7, 11) is 0. The van der Waals surface area contributed by atoms with Crippen LogP contribution in [0.5, 0.6) is 0 Å². The number of fused-ring (bicyclic) bond motifs is 1. The van der Waals surface area contributed by atoms with E-state index in [2.05, 4.69) is 15.6 Å². The number of halogens is 1. The minimum atomic E-state index is -1.19. The average Bonchev–Trinajstić information content (AvgIpc) is 3.54. The predicted molar refractivity (Wildman–Crippen MR) is 140 cm³/mol. The maximum Gasteiger partial charge on any atom is 0.249 e. The quantitative estimate of drug-likeness (QED) is 0.387. The molecule has 8 heteroatoms. The largest absolute Gasteiger partial charge is 0.351 e. The van der Waals surface area contributed by atoms with Gasteiger partial charge in [0.25, 0.3) is 0 Å². The number of hydrogen-bond acceptors (Lipinski definition) is 4. The molecule has 3 aromatic carbocycles. The summed E-state index contributed by atoms with van der Waals surface area (Å²) >= 11 is 0. The number of carbonyl (C=O) groups is 2. The molecule has 1 fully saturated rings. The molecule has 0 unspecified atom stereocenters. The Labute approximate surface area is 215 Å². The molecule has 0 aliphatic heterocycles. The van der Waals surface area contributed by atoms with Crippen LogP contribution in [-0.2, 0) is 16.1 Å². The van der Waals surface area contributed by atoms with Gasteiger partial charge in [0.1, 0.15) is 23.9 Å². The molecule has 4 aromatic rings. The van der Waals surface area contributed by atoms with E-state index in [4.69, 9.17) is 0 Å². The number of hydrogen-bond donors (Lipinski definition) is 1. The minimum Gasteiger partial charge on any atom is -0.351 e. The molecule has 190 valence electrons. The number of aryl methyl sites for hydroxylation is 2. The molecule has 1 aromatic heterocycles. The highest BCUT2D eigenvalue weighted by Crippen LogP contribution is 2.35. The lowest BCUT2D eigenvalue weighted by Crippen LogP contribution is -2.48. The Morgan fingerprint density at radius 2 is 1.68 bits per heavy atom. The van der Waals surface area contributed by atoms with E-state index < -0.39 is 17.8 Å². The van der Waals surface area contributed by atoms with Crippen LogP contribution in [0.15, 0.2) is 66.7 Å². The summed E-state index contributed by atoms with van der Waals surface area (Å²) in [5, 5.41) is 11.4. The SMILES string of the molecule is Cc1cccc(C)c1N(C(=O)Cn1nnc2ccccc21)[C@@H](C(=O)NC1CCCC1)c1ccccc1F. The summed E-state index contributed by atoms with van der Waals surface area (Å²) in [6.45, 7) is 3.62. The van der Waals surface area contributed by atoms with Gasteiger partial charge in [-0.15, -0.1) is 5.10 Å². The first-order valence-electron chi connectivity index (χ1n) is 12.7. The molecule has 2 amide bonds. The van der Waals surface area contributed by atoms with Crippen LogP contribution >= 0.6 is 0 Å². The maximum atomic E-state index is 15.3. The van der Waals surface area contributed by atoms with E-state index in [0.29, 0.717) is 16.7 Å². The third-order valence-electron chi connectivity index (χ3n) is 7.06. The van der Waals surface area contributed by atoms with Crippen molar-refractivity contribution < 1.29 is 14.0 Å². The Morgan fingerprint density at radius 1 is 1.00 bits per heavy atom. The standard InChI is InChI=1S/C29H30FN5O2/c1-19-10-9-11-20(2)27(19)35(26(36)18-34-25-17-8-7-16-24(25)32-33-34)28(22-14-5-6-15-23(22)30)29(37)31-21-12-3-4-13-21/h5-11,14-17,21,28H,3-4,12-13,18H2,1-2H3,(H,31,37)/t28-/m1/s1. The first-order chi connectivity index (χ1) is 17.9. The molecule has 5 rings (SSSR count). The zero-order chi connectivity index (χ0) is 25.9. The number of rotatable bonds is 7. The van der Waals surface area contributed by atoms with Crippen molar-refractivity contribution in [1.82, 2.24) is 20.3 Å². The van der Waals surface area contributed by atoms with Gasteiger partial charge >= 0.3 is 0 Å². The van der Waals surface area contributed by atoms with Gasteiger partial charge in [0.2, 0.25) is 11.8 Å². The summed E-state index contributed by atoms with van der Waals surface area (Å²) in [5.41, 5.74) is 3.73. The van der Waals surface area contributed by atoms with E-state index in [1.165, 1.54) is 15.6 Å². The van der Waals surface area contributed by atoms with Gasteiger partial charge in [0.05, 0.1) is 11.2 Å². The van der Waals surface area contributed by atoms with Gasteiger partial charge < -0.3 is 5.32 Å². The number of nitrogens with one attached hydrogen (secondary N) is 1. The molecule has 1 N–H and O–H groups in total. The lowest BCUT2D eigenvalue weighted by atomic mass is 9.99. The second kappa shape index (κ2) is 10.5. The molecular formula is C29H30FN5O2. The fraction of sp³-hybridized carbons (Fsp3) is 0.310. The summed E-state index contributed by atoms with van der Waals surface area (Å²) < 4.78 is 16.8. The second-order valence-electron chi connectivity index (χ2n) is 9.65. The average molecular weight is 500 g/mol. The highest BCUT2D eigenvalue weighted by atomic mass is 19.1. The van der Waals surface area contributed by atoms with Crippen LogP contribution in [0.25, 0.3) is 11.0 Å². The van der Waals surface area contributed by atoms with E-state index in [1.54, 1.807) is 18.2 Å². The van der Waals surface area contributed by atoms with Gasteiger partial charge in [-0.1, -0.05) is 66.6 Å². The van der Waals surface area contributed by atoms with E-state index >= 15 is 4.39 Å². The molecule has 1 atom stereocenters. The highest BCUT2D eigenvalue weighted by Gasteiger charge is 2.37. The number of aromatic nitrogens is 3. The molecule has 0 spiro atoms. The van der Waals surface area contributed by atoms with Crippen LogP contribution in [0.1, 0.15) is 48.4 Å². The molecule has 1 heterocycles. The normalized spacial score (nSPS) is 14.6. The molecule has 0 radical (unpaired) electrons. The van der Waals surface area contributed by atoms with Crippen LogP contribution < -0.4 is 10.2 Å². The monoisotopic (exact) mass is 499 g/mol. The number of carbonyl (C=O) groups excluding carboxylic acids is 2. The molecule has 37 heavy (non-hydrogen) atoms. The number of amides is 2. The second-order valence-corrected chi connectivity index (χ2v) is 9.65. The van der Waals surface area contributed by atoms with Gasteiger partial charge in [0, 0.05) is 11.6 Å². The predicted octanol–water partition coefficient (Wildman–Crippen LogP) is 5.02. The molecular weight excluding hydrogens is 469 g/mol. The van der Waals surface area contributed by atoms with E-state index in [9.17, 15) is 9.59 Å². The van der Waals surface area contributed by atoms with Crippen molar-refractivity contribution in [2.45, 2.75) is 58.2 Å². The lowest BCUT2D eigenvalue weighted by molar-refractivity contribution is -0.127. The van der Waals surface area contributed by atoms with Gasteiger partial charge in [0.15, 0.2) is 0 Å². The van der Waals surface area contributed by atoms with Gasteiger partial charge in [-0.2, -0.15) is 0 Å². The molecule has 1 aliphatic rings. The fourth-order valence-electron chi connectivity index (χ4n) is 5.27. The van der Waals surface area contributed by atoms with Crippen LogP contribution in [0.3, 0.4) is 0 Å². The van der Waals surface area contributed by atoms with Crippen LogP contribution in [0.4, 0.5) is 10.1 Å². The lowest BCUT2D eigenvalue weighted by Gasteiger charge is -2.34. The van der Waals surface area contributed by atoms with Crippen molar-refractivity contribution in [3.63, 3.8) is 0 Å². The Kier molecular flexibility index (Phi) is 6.99. The van der Waals surface area contributed by atoms with Crippen LogP contribution in [-0.4, -0.2) is 32.9 Å². The van der Waals surface area contributed by atoms with Crippen LogP contribution in [0, 0.1) is 19.7 Å². The van der Waals surface area contributed by atoms with Gasteiger partial charge in [-0.25, -0.2) is 9.07 Å². The zero-order valence-corrected chi connectivity index (χ0v) is 21.0. The first kappa shape index (κ1) is 24.6. The molecule has 0 bridgehead atoms. The Hall–Kier alpha value is -4.07. The zero-order valence-electron chi connectivity index (χ0n) is 21.0. The van der Waals surface area contributed by atoms with Crippen molar-refractivity contribution in [2.24, 2.45) is 0 Å². The van der Waals surface area contributed by atoms with E-state index in [-0.39, 0.29) is 24.1 Å². The molecule has 7 nitrogen and oxygen atoms in total. The number of nitrogens with zero attached hydrogens (tertiary/aromatic N) is 4. The highest BCUT2D eigenvalue weighted by molar-refractivity contribution is 6.02. The topological polar surface area (TPSA) is 80.1 Å². The van der Waals surface area contributed by atoms with Crippen molar-refractivity contribution in [3.8, 4) is 0 Å². The third kappa shape index (κ3) is 4.96. The first-order valence-corrected chi connectivity index (χ1v) is 12.7. The van der Waals surface area contributed by atoms with Crippen LogP contribution in [0.2, 0.25) is 0 Å². The number of benzene rings is 3. The smallest absolute Gasteiger partial charge is 0.249 e. The summed E-state index contributed by atoms with van der Waals surface area (Å²) in [6, 6.07) is 18.0. The number of anilines is 1. The Bertz CT molecular complexity index is 1420. The minimum absolute atomic E-state index is 0.0101. The fourth-order valence-corrected chi connectivity index (χ4v) is 5.27. The van der Waals surface area contributed by atoms with Gasteiger partial charge in [-0.05, 0) is 56.0 Å². The van der Waals surface area contributed by atoms with Crippen molar-refractivity contribution >= 4 is 28.5 Å². The van der Waals surface area contributed by atoms with Crippen molar-refractivity contribution in [1.29, 1.82) is 0 Å². The maximum absolute atomic E-state index is 15.3. The van der Waals surface area contributed by atoms with Gasteiger partial charge in [-0.3, -0.25) is 14.5 Å². The third-order valence-corrected chi connectivity index (χ3v) is 7.06. The Balaban J connectivity index is 1.63. The molecule has 0 saturated heterocycles. The summed E-state index contributed by atoms with van der Waals surface area (Å²) in [6.07, 6.45) is 3.82. The Morgan fingerprint density at radius 3 is 2.41 bits per heavy atom. The number of para-hydroxylation sites is 2. The molecule has 1 aliphatic carbocycles.